The van der Waals surface area contributed by atoms with E-state index >= 15 is 0 Å². The van der Waals surface area contributed by atoms with Crippen molar-refractivity contribution in [3.8, 4) is 0 Å². The van der Waals surface area contributed by atoms with Gasteiger partial charge in [-0.25, -0.2) is 18.0 Å². The number of fused-ring (bicyclic) bond motifs is 6. The summed E-state index contributed by atoms with van der Waals surface area (Å²) in [5.41, 5.74) is 11.7. The molecule has 13 atom stereocenters. The third kappa shape index (κ3) is 19.7. The Morgan fingerprint density at radius 1 is 0.517 bits per heavy atom. The smallest absolute Gasteiger partial charge is 0.444 e. The highest BCUT2D eigenvalue weighted by Gasteiger charge is 2.61. The van der Waals surface area contributed by atoms with E-state index in [0.29, 0.717) is 97.1 Å². The fraction of sp³-hybridized carbons (Fsp3) is 0.702. The number of likely N-dealkylation sites (tertiary alicyclic amines) is 9. The van der Waals surface area contributed by atoms with Gasteiger partial charge >= 0.3 is 34.6 Å². The Bertz CT molecular complexity index is 4180. The third-order valence-corrected chi connectivity index (χ3v) is 27.8. The van der Waals surface area contributed by atoms with Crippen LogP contribution >= 0.6 is 0 Å². The molecule has 7 unspecified atom stereocenters. The molecule has 7 amide bonds. The first-order valence-electron chi connectivity index (χ1n) is 43.2. The van der Waals surface area contributed by atoms with Crippen molar-refractivity contribution >= 4 is 70.0 Å². The van der Waals surface area contributed by atoms with Crippen LogP contribution in [0.15, 0.2) is 72.8 Å². The maximum atomic E-state index is 14.1. The number of rotatable bonds is 20. The average molecular weight is 1670 g/mol. The van der Waals surface area contributed by atoms with Gasteiger partial charge in [0.2, 0.25) is 35.4 Å². The van der Waals surface area contributed by atoms with Crippen molar-refractivity contribution in [3.63, 3.8) is 0 Å². The number of carbonyl (C=O) groups is 7. The highest BCUT2D eigenvalue weighted by Crippen LogP contribution is 2.44. The first-order valence-corrected chi connectivity index (χ1v) is 43.2. The van der Waals surface area contributed by atoms with Gasteiger partial charge in [0.1, 0.15) is 29.1 Å². The second kappa shape index (κ2) is 35.7. The van der Waals surface area contributed by atoms with Gasteiger partial charge < -0.3 is 94.2 Å². The predicted octanol–water partition coefficient (Wildman–Crippen LogP) is 5.00. The van der Waals surface area contributed by atoms with Crippen molar-refractivity contribution in [1.82, 2.24) is 54.7 Å². The standard InChI is InChI=1S/C30H44BFN4O6.C25H36BFN4O4.C19H26BFN4O4.C10H20BNO2/c1-28(2,3)40-27(39)33-22(25(37)35-13-9-12-24(35)31-41-29(4,5)30(6,7)42-31)18-34-17-21-15-23(34)26(38)36(21)16-19-10-8-11-20(32)14-19;1-24(2)25(3,4)35-26(34-24)21-9-6-10-30(21)22(32)19(28)15-29-14-18-12-20(29)23(33)31(18)13-16-7-5-8-17(27)11-16;21-13-4-1-3-12(7-13)9-25-14-8-16(19(25)27)23(10-14)11-15(22)18(26)24-6-2-5-17(24)20(28)29;1-9(2)10(3,4)14-11(13-9)8-6-5-7-12-8/h8,10-11,14,21-24H,9,12-13,15-18H2,1-7H3,(H,33,39);5,7-8,11,18-21H,6,9-10,12-15,28H2,1-4H3;1,3-4,7,14-17,28-29H,2,5-6,8-11,22H2;8,12H,5-7H2,1-4H3/t21-,22-,23?,24?;18-,19-,20?,21?;14-,15-,16?,17?;/m000./s1. The molecule has 13 fully saturated rings. The molecule has 13 heterocycles. The first kappa shape index (κ1) is 91.0. The summed E-state index contributed by atoms with van der Waals surface area (Å²) in [4.78, 5) is 109. The normalized spacial score (nSPS) is 29.4. The number of alkyl carbamates (subject to hydrolysis) is 1. The number of halogens is 3. The summed E-state index contributed by atoms with van der Waals surface area (Å²) in [5.74, 6) is -2.35. The van der Waals surface area contributed by atoms with Crippen molar-refractivity contribution in [3.05, 3.63) is 107 Å². The number of nitrogens with two attached hydrogens (primary N) is 2. The van der Waals surface area contributed by atoms with E-state index < -0.39 is 85.6 Å². The van der Waals surface area contributed by atoms with E-state index in [2.05, 4.69) is 38.3 Å². The molecule has 6 bridgehead atoms. The molecule has 656 valence electrons. The summed E-state index contributed by atoms with van der Waals surface area (Å²) >= 11 is 0. The fourth-order valence-corrected chi connectivity index (χ4v) is 19.2. The molecule has 13 saturated heterocycles. The van der Waals surface area contributed by atoms with Crippen LogP contribution in [0.1, 0.15) is 191 Å². The molecule has 8 N–H and O–H groups in total. The molecular formula is C84H126B4F3N13O16. The van der Waals surface area contributed by atoms with E-state index in [0.717, 1.165) is 61.8 Å². The van der Waals surface area contributed by atoms with Crippen LogP contribution in [0.3, 0.4) is 0 Å². The summed E-state index contributed by atoms with van der Waals surface area (Å²) in [6.07, 6.45) is 8.20. The van der Waals surface area contributed by atoms with Gasteiger partial charge in [-0.15, -0.1) is 0 Å². The minimum absolute atomic E-state index is 0.0185. The minimum atomic E-state index is -1.57. The molecule has 120 heavy (non-hydrogen) atoms. The number of piperazine rings is 3. The number of amides is 7. The van der Waals surface area contributed by atoms with Crippen molar-refractivity contribution in [2.75, 3.05) is 65.4 Å². The maximum absolute atomic E-state index is 14.1. The number of hydrogen-bond donors (Lipinski definition) is 6. The first-order chi connectivity index (χ1) is 56.3. The molecule has 0 aliphatic carbocycles. The molecule has 16 rings (SSSR count). The van der Waals surface area contributed by atoms with Crippen LogP contribution in [-0.4, -0.2) is 307 Å². The topological polar surface area (TPSA) is 330 Å². The van der Waals surface area contributed by atoms with Gasteiger partial charge in [-0.2, -0.15) is 0 Å². The summed E-state index contributed by atoms with van der Waals surface area (Å²) < 4.78 is 83.2. The lowest BCUT2D eigenvalue weighted by Crippen LogP contribution is -2.60. The molecule has 0 spiro atoms. The lowest BCUT2D eigenvalue weighted by atomic mass is 9.76. The Balaban J connectivity index is 0.000000145. The minimum Gasteiger partial charge on any atom is -0.444 e. The number of nitrogens with zero attached hydrogens (tertiary/aromatic N) is 9. The lowest BCUT2D eigenvalue weighted by Gasteiger charge is -2.37. The second-order valence-electron chi connectivity index (χ2n) is 39.0. The van der Waals surface area contributed by atoms with E-state index in [4.69, 9.17) is 44.1 Å². The SMILES string of the molecule is CC(C)(C)OC(=O)N[C@@H](CN1C[C@@H]2CC1C(=O)N2Cc1cccc(F)c1)C(=O)N1CCCC1B1OC(C)(C)C(C)(C)O1.CC1(C)OB(C2CCCN2)OC1(C)C.CC1(C)OB(C2CCCN2C(=O)[C@@H](N)CN2C[C@@H]3CC2C(=O)N3Cc2cccc(F)c2)OC1(C)C.N[C@@H](CN1C[C@@H]2CC1C(=O)N2Cc1cccc(F)c1)C(=O)N1CCCC1B(O)O. The Morgan fingerprint density at radius 3 is 1.22 bits per heavy atom. The van der Waals surface area contributed by atoms with Crippen molar-refractivity contribution in [1.29, 1.82) is 0 Å². The molecule has 36 heteroatoms. The zero-order valence-corrected chi connectivity index (χ0v) is 72.6. The molecule has 0 saturated carbocycles. The van der Waals surface area contributed by atoms with Crippen LogP contribution in [0.4, 0.5) is 18.0 Å². The summed E-state index contributed by atoms with van der Waals surface area (Å²) in [6.45, 7) is 36.1. The van der Waals surface area contributed by atoms with Gasteiger partial charge in [0.05, 0.1) is 81.6 Å². The fourth-order valence-electron chi connectivity index (χ4n) is 19.2. The zero-order chi connectivity index (χ0) is 86.8. The van der Waals surface area contributed by atoms with Crippen LogP contribution in [0, 0.1) is 17.5 Å². The quantitative estimate of drug-likeness (QED) is 0.0811. The molecule has 3 aromatic rings. The zero-order valence-electron chi connectivity index (χ0n) is 72.6. The van der Waals surface area contributed by atoms with Crippen LogP contribution < -0.4 is 22.1 Å². The van der Waals surface area contributed by atoms with Crippen molar-refractivity contribution < 1.29 is 89.4 Å². The highest BCUT2D eigenvalue weighted by atomic mass is 19.1. The number of benzene rings is 3. The summed E-state index contributed by atoms with van der Waals surface area (Å²) in [6, 6.07) is 15.5. The third-order valence-electron chi connectivity index (χ3n) is 27.8. The second-order valence-corrected chi connectivity index (χ2v) is 39.0. The van der Waals surface area contributed by atoms with Gasteiger partial charge in [0, 0.05) is 103 Å². The van der Waals surface area contributed by atoms with Crippen LogP contribution in [-0.2, 0) is 81.1 Å². The van der Waals surface area contributed by atoms with Crippen molar-refractivity contribution in [2.24, 2.45) is 11.5 Å². The number of carbonyl (C=O) groups excluding carboxylic acids is 7. The maximum Gasteiger partial charge on any atom is 0.482 e. The molecule has 13 aliphatic heterocycles. The Kier molecular flexibility index (Phi) is 27.1. The highest BCUT2D eigenvalue weighted by molar-refractivity contribution is 6.49. The molecule has 29 nitrogen and oxygen atoms in total. The number of nitrogens with one attached hydrogen (secondary N) is 2. The average Bonchev–Trinajstić information content (AvgIpc) is 1.63. The number of ether oxygens (including phenoxy) is 1. The molecule has 0 aromatic heterocycles. The van der Waals surface area contributed by atoms with Gasteiger partial charge in [-0.05, 0) is 234 Å². The van der Waals surface area contributed by atoms with Crippen LogP contribution in [0.25, 0.3) is 0 Å². The summed E-state index contributed by atoms with van der Waals surface area (Å²) in [7, 11) is -2.69. The van der Waals surface area contributed by atoms with Crippen LogP contribution in [0.2, 0.25) is 0 Å². The largest absolute Gasteiger partial charge is 0.482 e. The number of hydrogen-bond acceptors (Lipinski definition) is 22. The van der Waals surface area contributed by atoms with Gasteiger partial charge in [-0.3, -0.25) is 43.5 Å². The van der Waals surface area contributed by atoms with Crippen LogP contribution in [0.5, 0.6) is 0 Å². The molecule has 3 aromatic carbocycles. The van der Waals surface area contributed by atoms with E-state index in [1.54, 1.807) is 59.7 Å². The van der Waals surface area contributed by atoms with Gasteiger partial charge in [0.15, 0.2) is 0 Å². The summed E-state index contributed by atoms with van der Waals surface area (Å²) in [5, 5.41) is 25.2. The van der Waals surface area contributed by atoms with E-state index in [1.165, 1.54) is 47.7 Å². The molecule has 0 radical (unpaired) electrons. The van der Waals surface area contributed by atoms with Gasteiger partial charge in [0.25, 0.3) is 0 Å². The monoisotopic (exact) mass is 1670 g/mol. The van der Waals surface area contributed by atoms with E-state index in [1.807, 2.05) is 92.0 Å². The van der Waals surface area contributed by atoms with Crippen molar-refractivity contribution in [2.45, 2.75) is 311 Å². The predicted molar refractivity (Wildman–Crippen MR) is 445 cm³/mol. The molecular weight excluding hydrogens is 1550 g/mol. The lowest BCUT2D eigenvalue weighted by molar-refractivity contribution is -0.140. The van der Waals surface area contributed by atoms with Gasteiger partial charge in [-0.1, -0.05) is 36.4 Å². The Morgan fingerprint density at radius 2 is 0.867 bits per heavy atom. The van der Waals surface area contributed by atoms with E-state index in [-0.39, 0.29) is 126 Å². The Labute approximate surface area is 706 Å². The van der Waals surface area contributed by atoms with E-state index in [9.17, 15) is 56.8 Å². The Hall–Kier alpha value is -6.76. The molecule has 13 aliphatic rings.